The maximum absolute atomic E-state index is 12.3. The minimum atomic E-state index is -0.0553. The van der Waals surface area contributed by atoms with Crippen LogP contribution in [0.25, 0.3) is 21.9 Å². The summed E-state index contributed by atoms with van der Waals surface area (Å²) in [5.41, 5.74) is 4.44. The average molecular weight is 290 g/mol. The molecule has 0 saturated carbocycles. The lowest BCUT2D eigenvalue weighted by Gasteiger charge is -2.05. The molecule has 0 spiro atoms. The Morgan fingerprint density at radius 2 is 1.91 bits per heavy atom. The number of carbonyl (C=O) groups excluding carboxylic acids is 1. The van der Waals surface area contributed by atoms with Gasteiger partial charge in [0.15, 0.2) is 0 Å². The molecule has 0 unspecified atom stereocenters. The van der Waals surface area contributed by atoms with Gasteiger partial charge in [-0.25, -0.2) is 4.98 Å². The van der Waals surface area contributed by atoms with Crippen LogP contribution in [0.5, 0.6) is 0 Å². The Bertz CT molecular complexity index is 967. The van der Waals surface area contributed by atoms with E-state index in [1.807, 2.05) is 48.7 Å². The lowest BCUT2D eigenvalue weighted by atomic mass is 10.1. The number of fused-ring (bicyclic) bond motifs is 2. The minimum absolute atomic E-state index is 0.0553. The van der Waals surface area contributed by atoms with Crippen LogP contribution < -0.4 is 5.32 Å². The SMILES string of the molecule is O=C(Cc1c[nH]c2ccccc12)Nc1cccc2[nH]cnc12. The zero-order valence-corrected chi connectivity index (χ0v) is 11.8. The van der Waals surface area contributed by atoms with Crippen LogP contribution in [0.1, 0.15) is 5.56 Å². The molecule has 3 N–H and O–H groups in total. The van der Waals surface area contributed by atoms with E-state index < -0.39 is 0 Å². The van der Waals surface area contributed by atoms with Crippen molar-refractivity contribution >= 4 is 33.5 Å². The molecule has 2 aromatic carbocycles. The van der Waals surface area contributed by atoms with E-state index in [4.69, 9.17) is 0 Å². The lowest BCUT2D eigenvalue weighted by Crippen LogP contribution is -2.14. The smallest absolute Gasteiger partial charge is 0.228 e. The Morgan fingerprint density at radius 3 is 2.86 bits per heavy atom. The molecule has 5 heteroatoms. The molecule has 0 saturated heterocycles. The molecule has 2 heterocycles. The maximum Gasteiger partial charge on any atom is 0.228 e. The molecule has 4 rings (SSSR count). The van der Waals surface area contributed by atoms with E-state index in [2.05, 4.69) is 20.3 Å². The molecule has 0 atom stereocenters. The number of nitrogens with one attached hydrogen (secondary N) is 3. The number of benzene rings is 2. The van der Waals surface area contributed by atoms with E-state index in [-0.39, 0.29) is 5.91 Å². The third-order valence-electron chi connectivity index (χ3n) is 3.75. The Labute approximate surface area is 126 Å². The number of carbonyl (C=O) groups is 1. The van der Waals surface area contributed by atoms with Crippen LogP contribution in [-0.4, -0.2) is 20.9 Å². The summed E-state index contributed by atoms with van der Waals surface area (Å²) in [6.45, 7) is 0. The van der Waals surface area contributed by atoms with E-state index in [0.29, 0.717) is 6.42 Å². The van der Waals surface area contributed by atoms with Gasteiger partial charge >= 0.3 is 0 Å². The monoisotopic (exact) mass is 290 g/mol. The second-order valence-corrected chi connectivity index (χ2v) is 5.19. The second-order valence-electron chi connectivity index (χ2n) is 5.19. The molecular weight excluding hydrogens is 276 g/mol. The van der Waals surface area contributed by atoms with Gasteiger partial charge in [-0.15, -0.1) is 0 Å². The fourth-order valence-electron chi connectivity index (χ4n) is 2.71. The molecule has 22 heavy (non-hydrogen) atoms. The number of aromatic amines is 2. The summed E-state index contributed by atoms with van der Waals surface area (Å²) in [4.78, 5) is 22.8. The maximum atomic E-state index is 12.3. The number of hydrogen-bond acceptors (Lipinski definition) is 2. The minimum Gasteiger partial charge on any atom is -0.361 e. The van der Waals surface area contributed by atoms with Crippen LogP contribution in [0.4, 0.5) is 5.69 Å². The summed E-state index contributed by atoms with van der Waals surface area (Å²) in [5, 5.41) is 4.02. The summed E-state index contributed by atoms with van der Waals surface area (Å²) < 4.78 is 0. The van der Waals surface area contributed by atoms with E-state index in [9.17, 15) is 4.79 Å². The molecule has 0 aliphatic carbocycles. The van der Waals surface area contributed by atoms with Gasteiger partial charge < -0.3 is 15.3 Å². The summed E-state index contributed by atoms with van der Waals surface area (Å²) in [6.07, 6.45) is 3.84. The standard InChI is InChI=1S/C17H14N4O/c22-16(8-11-9-18-13-5-2-1-4-12(11)13)21-15-7-3-6-14-17(15)20-10-19-14/h1-7,9-10,18H,8H2,(H,19,20)(H,21,22). The third kappa shape index (κ3) is 2.13. The van der Waals surface area contributed by atoms with Crippen LogP contribution in [-0.2, 0) is 11.2 Å². The van der Waals surface area contributed by atoms with Crippen molar-refractivity contribution in [3.8, 4) is 0 Å². The summed E-state index contributed by atoms with van der Waals surface area (Å²) in [5.74, 6) is -0.0553. The Hall–Kier alpha value is -3.08. The number of H-pyrrole nitrogens is 2. The van der Waals surface area contributed by atoms with Gasteiger partial charge in [-0.05, 0) is 23.8 Å². The molecule has 0 radical (unpaired) electrons. The highest BCUT2D eigenvalue weighted by Crippen LogP contribution is 2.21. The van der Waals surface area contributed by atoms with Crippen molar-refractivity contribution in [2.45, 2.75) is 6.42 Å². The number of nitrogens with zero attached hydrogens (tertiary/aromatic N) is 1. The van der Waals surface area contributed by atoms with Crippen molar-refractivity contribution in [2.24, 2.45) is 0 Å². The molecule has 108 valence electrons. The molecule has 0 aliphatic heterocycles. The van der Waals surface area contributed by atoms with E-state index in [1.165, 1.54) is 0 Å². The van der Waals surface area contributed by atoms with Crippen LogP contribution >= 0.6 is 0 Å². The lowest BCUT2D eigenvalue weighted by molar-refractivity contribution is -0.115. The first-order valence-corrected chi connectivity index (χ1v) is 7.08. The summed E-state index contributed by atoms with van der Waals surface area (Å²) in [7, 11) is 0. The predicted octanol–water partition coefficient (Wildman–Crippen LogP) is 3.23. The fraction of sp³-hybridized carbons (Fsp3) is 0.0588. The third-order valence-corrected chi connectivity index (χ3v) is 3.75. The number of amides is 1. The fourth-order valence-corrected chi connectivity index (χ4v) is 2.71. The van der Waals surface area contributed by atoms with Crippen molar-refractivity contribution in [3.05, 3.63) is 60.6 Å². The van der Waals surface area contributed by atoms with Crippen LogP contribution in [0.15, 0.2) is 55.0 Å². The molecule has 4 aromatic rings. The molecule has 0 bridgehead atoms. The van der Waals surface area contributed by atoms with Crippen molar-refractivity contribution in [3.63, 3.8) is 0 Å². The largest absolute Gasteiger partial charge is 0.361 e. The van der Waals surface area contributed by atoms with Crippen molar-refractivity contribution in [1.29, 1.82) is 0 Å². The number of hydrogen-bond donors (Lipinski definition) is 3. The first kappa shape index (κ1) is 12.6. The van der Waals surface area contributed by atoms with Gasteiger partial charge in [0.25, 0.3) is 0 Å². The van der Waals surface area contributed by atoms with E-state index >= 15 is 0 Å². The van der Waals surface area contributed by atoms with Crippen LogP contribution in [0.2, 0.25) is 0 Å². The zero-order valence-electron chi connectivity index (χ0n) is 11.8. The highest BCUT2D eigenvalue weighted by Gasteiger charge is 2.11. The van der Waals surface area contributed by atoms with Crippen molar-refractivity contribution in [1.82, 2.24) is 15.0 Å². The number of para-hydroxylation sites is 2. The second kappa shape index (κ2) is 5.04. The normalized spacial score (nSPS) is 11.1. The zero-order chi connectivity index (χ0) is 14.9. The van der Waals surface area contributed by atoms with Gasteiger partial charge in [0, 0.05) is 17.1 Å². The average Bonchev–Trinajstić information content (AvgIpc) is 3.15. The van der Waals surface area contributed by atoms with Crippen molar-refractivity contribution < 1.29 is 4.79 Å². The molecule has 1 amide bonds. The van der Waals surface area contributed by atoms with Crippen molar-refractivity contribution in [2.75, 3.05) is 5.32 Å². The van der Waals surface area contributed by atoms with Gasteiger partial charge in [-0.3, -0.25) is 4.79 Å². The molecule has 5 nitrogen and oxygen atoms in total. The number of imidazole rings is 1. The number of rotatable bonds is 3. The quantitative estimate of drug-likeness (QED) is 0.542. The van der Waals surface area contributed by atoms with Crippen LogP contribution in [0, 0.1) is 0 Å². The molecular formula is C17H14N4O. The number of anilines is 1. The Balaban J connectivity index is 1.59. The highest BCUT2D eigenvalue weighted by molar-refractivity contribution is 6.01. The van der Waals surface area contributed by atoms with Crippen LogP contribution in [0.3, 0.4) is 0 Å². The number of aromatic nitrogens is 3. The van der Waals surface area contributed by atoms with E-state index in [1.54, 1.807) is 6.33 Å². The van der Waals surface area contributed by atoms with E-state index in [0.717, 1.165) is 33.2 Å². The Morgan fingerprint density at radius 1 is 1.05 bits per heavy atom. The topological polar surface area (TPSA) is 73.6 Å². The van der Waals surface area contributed by atoms with Gasteiger partial charge in [-0.1, -0.05) is 24.3 Å². The van der Waals surface area contributed by atoms with Gasteiger partial charge in [0.05, 0.1) is 24.0 Å². The summed E-state index contributed by atoms with van der Waals surface area (Å²) >= 11 is 0. The first-order valence-electron chi connectivity index (χ1n) is 7.08. The molecule has 0 aliphatic rings. The predicted molar refractivity (Wildman–Crippen MR) is 86.7 cm³/mol. The Kier molecular flexibility index (Phi) is 2.89. The summed E-state index contributed by atoms with van der Waals surface area (Å²) in [6, 6.07) is 13.6. The van der Waals surface area contributed by atoms with Gasteiger partial charge in [-0.2, -0.15) is 0 Å². The molecule has 2 aromatic heterocycles. The molecule has 0 fully saturated rings. The van der Waals surface area contributed by atoms with Gasteiger partial charge in [0.1, 0.15) is 5.52 Å². The first-order chi connectivity index (χ1) is 10.8. The van der Waals surface area contributed by atoms with Gasteiger partial charge in [0.2, 0.25) is 5.91 Å². The highest BCUT2D eigenvalue weighted by atomic mass is 16.1.